The van der Waals surface area contributed by atoms with Crippen molar-refractivity contribution < 1.29 is 4.79 Å². The van der Waals surface area contributed by atoms with Gasteiger partial charge in [-0.2, -0.15) is 0 Å². The third kappa shape index (κ3) is 2.61. The molecule has 26 heavy (non-hydrogen) atoms. The number of nitrogens with one attached hydrogen (secondary N) is 1. The number of carbonyl (C=O) groups excluding carboxylic acids is 1. The number of nitrogen functional groups attached to an aromatic ring is 1. The molecule has 2 heterocycles. The zero-order valence-electron chi connectivity index (χ0n) is 14.3. The van der Waals surface area contributed by atoms with Crippen molar-refractivity contribution in [2.75, 3.05) is 5.73 Å². The first-order valence-corrected chi connectivity index (χ1v) is 8.29. The quantitative estimate of drug-likeness (QED) is 0.559. The molecule has 0 spiro atoms. The molecule has 0 fully saturated rings. The lowest BCUT2D eigenvalue weighted by Gasteiger charge is -2.10. The molecule has 3 N–H and O–H groups in total. The van der Waals surface area contributed by atoms with Crippen molar-refractivity contribution in [2.24, 2.45) is 0 Å². The van der Waals surface area contributed by atoms with Crippen molar-refractivity contribution in [1.29, 1.82) is 0 Å². The van der Waals surface area contributed by atoms with Gasteiger partial charge in [-0.15, -0.1) is 0 Å². The summed E-state index contributed by atoms with van der Waals surface area (Å²) in [5.41, 5.74) is 8.99. The Morgan fingerprint density at radius 3 is 2.65 bits per heavy atom. The van der Waals surface area contributed by atoms with Crippen LogP contribution in [0.5, 0.6) is 0 Å². The highest BCUT2D eigenvalue weighted by molar-refractivity contribution is 6.02. The molecule has 0 saturated heterocycles. The third-order valence-corrected chi connectivity index (χ3v) is 4.48. The van der Waals surface area contributed by atoms with Crippen molar-refractivity contribution in [3.8, 4) is 0 Å². The summed E-state index contributed by atoms with van der Waals surface area (Å²) in [5, 5.41) is 0.892. The van der Waals surface area contributed by atoms with Crippen molar-refractivity contribution in [2.45, 2.75) is 13.5 Å². The van der Waals surface area contributed by atoms with Gasteiger partial charge in [-0.3, -0.25) is 13.9 Å². The van der Waals surface area contributed by atoms with Crippen LogP contribution >= 0.6 is 0 Å². The van der Waals surface area contributed by atoms with Crippen LogP contribution < -0.4 is 11.4 Å². The number of aryl methyl sites for hydroxylation is 1. The van der Waals surface area contributed by atoms with Gasteiger partial charge in [0.2, 0.25) is 0 Å². The SMILES string of the molecule is Cc1cc2cc(N)ccc2n1C(=O)c1c[nH]c(=O)n1Cc1ccccc1. The molecule has 2 aromatic heterocycles. The fourth-order valence-electron chi connectivity index (χ4n) is 3.25. The molecule has 0 aliphatic rings. The lowest BCUT2D eigenvalue weighted by Crippen LogP contribution is -2.24. The van der Waals surface area contributed by atoms with Crippen molar-refractivity contribution in [1.82, 2.24) is 14.1 Å². The fraction of sp³-hybridized carbons (Fsp3) is 0.100. The van der Waals surface area contributed by atoms with E-state index in [0.29, 0.717) is 17.9 Å². The molecule has 2 aromatic carbocycles. The van der Waals surface area contributed by atoms with E-state index in [1.165, 1.54) is 10.8 Å². The van der Waals surface area contributed by atoms with Gasteiger partial charge in [0.05, 0.1) is 12.1 Å². The maximum atomic E-state index is 13.2. The Morgan fingerprint density at radius 1 is 1.12 bits per heavy atom. The first-order valence-electron chi connectivity index (χ1n) is 8.29. The van der Waals surface area contributed by atoms with Gasteiger partial charge in [-0.1, -0.05) is 30.3 Å². The smallest absolute Gasteiger partial charge is 0.326 e. The minimum atomic E-state index is -0.310. The van der Waals surface area contributed by atoms with Crippen molar-refractivity contribution in [3.05, 3.63) is 88.2 Å². The molecule has 4 aromatic rings. The molecule has 0 aliphatic carbocycles. The summed E-state index contributed by atoms with van der Waals surface area (Å²) in [6.45, 7) is 2.19. The van der Waals surface area contributed by atoms with E-state index in [4.69, 9.17) is 5.73 Å². The summed E-state index contributed by atoms with van der Waals surface area (Å²) < 4.78 is 3.07. The summed E-state index contributed by atoms with van der Waals surface area (Å²) >= 11 is 0. The zero-order chi connectivity index (χ0) is 18.3. The molecule has 0 radical (unpaired) electrons. The molecule has 0 atom stereocenters. The fourth-order valence-corrected chi connectivity index (χ4v) is 3.25. The summed E-state index contributed by atoms with van der Waals surface area (Å²) in [7, 11) is 0. The largest absolute Gasteiger partial charge is 0.399 e. The van der Waals surface area contributed by atoms with Crippen LogP contribution in [0.3, 0.4) is 0 Å². The Morgan fingerprint density at radius 2 is 1.88 bits per heavy atom. The Balaban J connectivity index is 1.81. The summed E-state index contributed by atoms with van der Waals surface area (Å²) in [4.78, 5) is 28.1. The van der Waals surface area contributed by atoms with Crippen LogP contribution in [0.4, 0.5) is 5.69 Å². The van der Waals surface area contributed by atoms with Gasteiger partial charge in [0.25, 0.3) is 5.91 Å². The normalized spacial score (nSPS) is 11.1. The molecule has 0 saturated carbocycles. The van der Waals surface area contributed by atoms with Gasteiger partial charge in [0.1, 0.15) is 5.69 Å². The number of H-pyrrole nitrogens is 1. The maximum absolute atomic E-state index is 13.2. The number of aromatic amines is 1. The number of aromatic nitrogens is 3. The first kappa shape index (κ1) is 16.0. The summed E-state index contributed by atoms with van der Waals surface area (Å²) in [6, 6.07) is 16.9. The van der Waals surface area contributed by atoms with Crippen LogP contribution in [0.1, 0.15) is 21.7 Å². The number of rotatable bonds is 3. The number of nitrogens with zero attached hydrogens (tertiary/aromatic N) is 2. The van der Waals surface area contributed by atoms with Gasteiger partial charge in [-0.25, -0.2) is 4.79 Å². The molecule has 4 rings (SSSR count). The van der Waals surface area contributed by atoms with E-state index in [1.807, 2.05) is 55.5 Å². The van der Waals surface area contributed by atoms with Crippen LogP contribution in [-0.4, -0.2) is 20.0 Å². The second-order valence-corrected chi connectivity index (χ2v) is 6.30. The average Bonchev–Trinajstić information content (AvgIpc) is 3.14. The second-order valence-electron chi connectivity index (χ2n) is 6.30. The predicted octanol–water partition coefficient (Wildman–Crippen LogP) is 2.76. The van der Waals surface area contributed by atoms with Crippen LogP contribution in [0, 0.1) is 6.92 Å². The summed E-state index contributed by atoms with van der Waals surface area (Å²) in [5.74, 6) is -0.253. The topological polar surface area (TPSA) is 85.8 Å². The van der Waals surface area contributed by atoms with E-state index < -0.39 is 0 Å². The highest BCUT2D eigenvalue weighted by atomic mass is 16.2. The van der Waals surface area contributed by atoms with Gasteiger partial charge in [0.15, 0.2) is 0 Å². The lowest BCUT2D eigenvalue weighted by atomic mass is 10.2. The number of carbonyl (C=O) groups is 1. The van der Waals surface area contributed by atoms with E-state index in [9.17, 15) is 9.59 Å². The highest BCUT2D eigenvalue weighted by Gasteiger charge is 2.20. The minimum Gasteiger partial charge on any atom is -0.399 e. The maximum Gasteiger partial charge on any atom is 0.326 e. The molecule has 6 nitrogen and oxygen atoms in total. The number of hydrogen-bond donors (Lipinski definition) is 2. The van der Waals surface area contributed by atoms with E-state index in [-0.39, 0.29) is 11.6 Å². The number of imidazole rings is 1. The Hall–Kier alpha value is -3.54. The minimum absolute atomic E-state index is 0.253. The van der Waals surface area contributed by atoms with Gasteiger partial charge in [0, 0.05) is 23.0 Å². The van der Waals surface area contributed by atoms with Crippen LogP contribution in [0.15, 0.2) is 65.6 Å². The van der Waals surface area contributed by atoms with Gasteiger partial charge >= 0.3 is 5.69 Å². The number of anilines is 1. The Kier molecular flexibility index (Phi) is 3.73. The molecule has 130 valence electrons. The van der Waals surface area contributed by atoms with Crippen molar-refractivity contribution >= 4 is 22.5 Å². The Bertz CT molecular complexity index is 1170. The number of benzene rings is 2. The van der Waals surface area contributed by atoms with Gasteiger partial charge < -0.3 is 10.7 Å². The molecule has 0 amide bonds. The van der Waals surface area contributed by atoms with Crippen LogP contribution in [0.2, 0.25) is 0 Å². The standard InChI is InChI=1S/C20H18N4O2/c1-13-9-15-10-16(21)7-8-17(15)24(13)19(25)18-11-22-20(26)23(18)12-14-5-3-2-4-6-14/h2-11H,12,21H2,1H3,(H,22,26). The molecular weight excluding hydrogens is 328 g/mol. The number of nitrogens with two attached hydrogens (primary N) is 1. The number of fused-ring (bicyclic) bond motifs is 1. The van der Waals surface area contributed by atoms with E-state index in [1.54, 1.807) is 10.6 Å². The molecule has 0 unspecified atom stereocenters. The van der Waals surface area contributed by atoms with E-state index in [0.717, 1.165) is 22.2 Å². The lowest BCUT2D eigenvalue weighted by molar-refractivity contribution is 0.0954. The van der Waals surface area contributed by atoms with Crippen LogP contribution in [-0.2, 0) is 6.54 Å². The van der Waals surface area contributed by atoms with E-state index in [2.05, 4.69) is 4.98 Å². The molecular formula is C20H18N4O2. The monoisotopic (exact) mass is 346 g/mol. The molecule has 0 aliphatic heterocycles. The van der Waals surface area contributed by atoms with Gasteiger partial charge in [-0.05, 0) is 36.8 Å². The molecule has 6 heteroatoms. The Labute approximate surface area is 149 Å². The zero-order valence-corrected chi connectivity index (χ0v) is 14.3. The predicted molar refractivity (Wildman–Crippen MR) is 101 cm³/mol. The summed E-state index contributed by atoms with van der Waals surface area (Å²) in [6.07, 6.45) is 1.47. The first-order chi connectivity index (χ1) is 12.5. The number of hydrogen-bond acceptors (Lipinski definition) is 3. The van der Waals surface area contributed by atoms with Crippen LogP contribution in [0.25, 0.3) is 10.9 Å². The average molecular weight is 346 g/mol. The van der Waals surface area contributed by atoms with Crippen molar-refractivity contribution in [3.63, 3.8) is 0 Å². The van der Waals surface area contributed by atoms with E-state index >= 15 is 0 Å². The molecule has 0 bridgehead atoms. The third-order valence-electron chi connectivity index (χ3n) is 4.48. The highest BCUT2D eigenvalue weighted by Crippen LogP contribution is 2.23. The second kappa shape index (κ2) is 6.07.